The second kappa shape index (κ2) is 13.1. The van der Waals surface area contributed by atoms with Crippen molar-refractivity contribution in [2.24, 2.45) is 0 Å². The smallest absolute Gasteiger partial charge is 0.264 e. The van der Waals surface area contributed by atoms with Gasteiger partial charge in [-0.1, -0.05) is 29.3 Å². The molecule has 3 rings (SSSR count). The molecular formula is C29H32Cl2FN3O5S. The number of carbonyl (C=O) groups excluding carboxylic acids is 2. The van der Waals surface area contributed by atoms with Gasteiger partial charge in [-0.15, -0.1) is 0 Å². The molecule has 0 fully saturated rings. The number of sulfonamides is 1. The van der Waals surface area contributed by atoms with Crippen molar-refractivity contribution in [1.29, 1.82) is 0 Å². The molecule has 0 radical (unpaired) electrons. The van der Waals surface area contributed by atoms with E-state index in [-0.39, 0.29) is 22.2 Å². The Morgan fingerprint density at radius 2 is 1.59 bits per heavy atom. The standard InChI is InChI=1S/C29H32Cl2FN3O5S/c1-19(28(37)33-29(2,3)4)34(17-20-6-15-25(30)26(31)16-20)27(36)18-35(22-9-7-21(32)8-10-22)41(38,39)24-13-11-23(40-5)12-14-24/h6-16,19H,17-18H2,1-5H3,(H,33,37)/t19-/m1/s1. The number of ether oxygens (including phenoxy) is 1. The van der Waals surface area contributed by atoms with Crippen molar-refractivity contribution in [3.8, 4) is 5.75 Å². The van der Waals surface area contributed by atoms with E-state index in [1.807, 2.05) is 0 Å². The average Bonchev–Trinajstić information content (AvgIpc) is 2.91. The van der Waals surface area contributed by atoms with Gasteiger partial charge in [0.1, 0.15) is 24.2 Å². The highest BCUT2D eigenvalue weighted by Crippen LogP contribution is 2.27. The van der Waals surface area contributed by atoms with E-state index in [0.29, 0.717) is 16.3 Å². The van der Waals surface area contributed by atoms with E-state index in [1.165, 1.54) is 48.4 Å². The van der Waals surface area contributed by atoms with Gasteiger partial charge >= 0.3 is 0 Å². The number of halogens is 3. The van der Waals surface area contributed by atoms with Crippen LogP contribution in [0.4, 0.5) is 10.1 Å². The SMILES string of the molecule is COc1ccc(S(=O)(=O)N(CC(=O)N(Cc2ccc(Cl)c(Cl)c2)[C@H](C)C(=O)NC(C)(C)C)c2ccc(F)cc2)cc1. The summed E-state index contributed by atoms with van der Waals surface area (Å²) in [5, 5.41) is 3.44. The average molecular weight is 625 g/mol. The van der Waals surface area contributed by atoms with E-state index in [2.05, 4.69) is 5.32 Å². The van der Waals surface area contributed by atoms with Crippen molar-refractivity contribution in [1.82, 2.24) is 10.2 Å². The molecule has 1 N–H and O–H groups in total. The summed E-state index contributed by atoms with van der Waals surface area (Å²) in [4.78, 5) is 28.2. The molecule has 0 unspecified atom stereocenters. The molecule has 0 aliphatic heterocycles. The third-order valence-electron chi connectivity index (χ3n) is 6.04. The molecule has 0 heterocycles. The van der Waals surface area contributed by atoms with E-state index in [0.717, 1.165) is 16.4 Å². The first kappa shape index (κ1) is 32.2. The lowest BCUT2D eigenvalue weighted by Crippen LogP contribution is -2.54. The normalized spacial score (nSPS) is 12.4. The molecule has 220 valence electrons. The van der Waals surface area contributed by atoms with Crippen molar-refractivity contribution in [2.75, 3.05) is 18.0 Å². The molecule has 3 aromatic carbocycles. The number of nitrogens with one attached hydrogen (secondary N) is 1. The van der Waals surface area contributed by atoms with Crippen LogP contribution in [0.25, 0.3) is 0 Å². The molecule has 0 aromatic heterocycles. The van der Waals surface area contributed by atoms with Gasteiger partial charge in [0.15, 0.2) is 0 Å². The zero-order chi connectivity index (χ0) is 30.5. The quantitative estimate of drug-likeness (QED) is 0.314. The lowest BCUT2D eigenvalue weighted by Gasteiger charge is -2.33. The predicted molar refractivity (Wildman–Crippen MR) is 158 cm³/mol. The fourth-order valence-electron chi connectivity index (χ4n) is 3.90. The zero-order valence-electron chi connectivity index (χ0n) is 23.3. The first-order chi connectivity index (χ1) is 19.1. The molecule has 0 saturated carbocycles. The second-order valence-corrected chi connectivity index (χ2v) is 13.0. The minimum absolute atomic E-state index is 0.0612. The Hall–Kier alpha value is -3.34. The van der Waals surface area contributed by atoms with Gasteiger partial charge in [-0.2, -0.15) is 0 Å². The van der Waals surface area contributed by atoms with Gasteiger partial charge in [-0.05, 0) is 93.9 Å². The largest absolute Gasteiger partial charge is 0.497 e. The van der Waals surface area contributed by atoms with Gasteiger partial charge in [-0.3, -0.25) is 13.9 Å². The monoisotopic (exact) mass is 623 g/mol. The van der Waals surface area contributed by atoms with Crippen molar-refractivity contribution < 1.29 is 27.1 Å². The highest BCUT2D eigenvalue weighted by molar-refractivity contribution is 7.92. The first-order valence-electron chi connectivity index (χ1n) is 12.6. The maximum Gasteiger partial charge on any atom is 0.264 e. The van der Waals surface area contributed by atoms with Gasteiger partial charge in [0.05, 0.1) is 27.7 Å². The van der Waals surface area contributed by atoms with Crippen LogP contribution in [0, 0.1) is 5.82 Å². The number of nitrogens with zero attached hydrogens (tertiary/aromatic N) is 2. The third-order valence-corrected chi connectivity index (χ3v) is 8.57. The molecule has 0 saturated heterocycles. The Kier molecular flexibility index (Phi) is 10.3. The molecule has 0 aliphatic carbocycles. The first-order valence-corrected chi connectivity index (χ1v) is 14.8. The summed E-state index contributed by atoms with van der Waals surface area (Å²) >= 11 is 12.2. The minimum Gasteiger partial charge on any atom is -0.497 e. The Morgan fingerprint density at radius 3 is 2.12 bits per heavy atom. The molecule has 41 heavy (non-hydrogen) atoms. The molecule has 0 bridgehead atoms. The number of hydrogen-bond acceptors (Lipinski definition) is 5. The maximum absolute atomic E-state index is 13.9. The Balaban J connectivity index is 2.05. The summed E-state index contributed by atoms with van der Waals surface area (Å²) in [7, 11) is -2.86. The predicted octanol–water partition coefficient (Wildman–Crippen LogP) is 5.67. The fourth-order valence-corrected chi connectivity index (χ4v) is 5.64. The summed E-state index contributed by atoms with van der Waals surface area (Å²) < 4.78 is 47.4. The van der Waals surface area contributed by atoms with E-state index in [9.17, 15) is 22.4 Å². The van der Waals surface area contributed by atoms with Crippen molar-refractivity contribution >= 4 is 50.7 Å². The van der Waals surface area contributed by atoms with Crippen LogP contribution in [0.3, 0.4) is 0 Å². The van der Waals surface area contributed by atoms with E-state index < -0.39 is 45.8 Å². The molecule has 8 nitrogen and oxygen atoms in total. The number of anilines is 1. The number of methoxy groups -OCH3 is 1. The van der Waals surface area contributed by atoms with Crippen LogP contribution in [0.15, 0.2) is 71.6 Å². The van der Waals surface area contributed by atoms with Crippen LogP contribution in [-0.2, 0) is 26.2 Å². The van der Waals surface area contributed by atoms with Crippen LogP contribution < -0.4 is 14.4 Å². The van der Waals surface area contributed by atoms with Crippen LogP contribution >= 0.6 is 23.2 Å². The Bertz CT molecular complexity index is 1490. The van der Waals surface area contributed by atoms with E-state index >= 15 is 0 Å². The summed E-state index contributed by atoms with van der Waals surface area (Å²) in [5.41, 5.74) is 0.0629. The van der Waals surface area contributed by atoms with Crippen LogP contribution in [0.2, 0.25) is 10.0 Å². The summed E-state index contributed by atoms with van der Waals surface area (Å²) in [6, 6.07) is 14.2. The lowest BCUT2D eigenvalue weighted by atomic mass is 10.1. The van der Waals surface area contributed by atoms with E-state index in [1.54, 1.807) is 45.9 Å². The molecule has 3 aromatic rings. The van der Waals surface area contributed by atoms with Crippen LogP contribution in [0.1, 0.15) is 33.3 Å². The Morgan fingerprint density at radius 1 is 0.976 bits per heavy atom. The third kappa shape index (κ3) is 8.34. The van der Waals surface area contributed by atoms with Gasteiger partial charge in [-0.25, -0.2) is 12.8 Å². The highest BCUT2D eigenvalue weighted by Gasteiger charge is 2.33. The lowest BCUT2D eigenvalue weighted by molar-refractivity contribution is -0.140. The number of rotatable bonds is 10. The summed E-state index contributed by atoms with van der Waals surface area (Å²) in [6.07, 6.45) is 0. The van der Waals surface area contributed by atoms with Gasteiger partial charge in [0, 0.05) is 12.1 Å². The van der Waals surface area contributed by atoms with Gasteiger partial charge < -0.3 is 15.0 Å². The van der Waals surface area contributed by atoms with Crippen molar-refractivity contribution in [2.45, 2.75) is 50.7 Å². The van der Waals surface area contributed by atoms with Gasteiger partial charge in [0.2, 0.25) is 11.8 Å². The topological polar surface area (TPSA) is 96.0 Å². The number of amides is 2. The van der Waals surface area contributed by atoms with Crippen LogP contribution in [0.5, 0.6) is 5.75 Å². The fraction of sp³-hybridized carbons (Fsp3) is 0.310. The molecular weight excluding hydrogens is 592 g/mol. The van der Waals surface area contributed by atoms with Crippen molar-refractivity contribution in [3.63, 3.8) is 0 Å². The summed E-state index contributed by atoms with van der Waals surface area (Å²) in [6.45, 7) is 6.24. The molecule has 1 atom stereocenters. The highest BCUT2D eigenvalue weighted by atomic mass is 35.5. The van der Waals surface area contributed by atoms with Crippen LogP contribution in [-0.4, -0.2) is 50.4 Å². The molecule has 12 heteroatoms. The van der Waals surface area contributed by atoms with Gasteiger partial charge in [0.25, 0.3) is 10.0 Å². The molecule has 0 aliphatic rings. The number of hydrogen-bond donors (Lipinski definition) is 1. The number of carbonyl (C=O) groups is 2. The van der Waals surface area contributed by atoms with Crippen molar-refractivity contribution in [3.05, 3.63) is 88.2 Å². The molecule has 2 amide bonds. The minimum atomic E-state index is -4.31. The van der Waals surface area contributed by atoms with E-state index in [4.69, 9.17) is 27.9 Å². The molecule has 0 spiro atoms. The summed E-state index contributed by atoms with van der Waals surface area (Å²) in [5.74, 6) is -1.23. The number of benzene rings is 3. The zero-order valence-corrected chi connectivity index (χ0v) is 25.6. The second-order valence-electron chi connectivity index (χ2n) is 10.3. The maximum atomic E-state index is 13.9. The Labute approximate surface area is 250 Å².